The number of oxime groups is 1. The predicted octanol–water partition coefficient (Wildman–Crippen LogP) is 1.20. The molecule has 2 aliphatic heterocycles. The van der Waals surface area contributed by atoms with Crippen molar-refractivity contribution in [3.8, 4) is 0 Å². The fraction of sp³-hybridized carbons (Fsp3) is 0.474. The van der Waals surface area contributed by atoms with E-state index in [2.05, 4.69) is 15.5 Å². The number of amides is 2. The van der Waals surface area contributed by atoms with E-state index in [-0.39, 0.29) is 26.1 Å². The SMILES string of the molecule is CC1C=C(C(=O)O)N2C(=O)C(NC(=O)C(=NOCC(=O)OC(C)(C)C)c3nc(N)sc3Cl)[C@H]2S1. The van der Waals surface area contributed by atoms with Gasteiger partial charge in [0, 0.05) is 5.25 Å². The van der Waals surface area contributed by atoms with Crippen molar-refractivity contribution in [1.82, 2.24) is 15.2 Å². The van der Waals surface area contributed by atoms with Crippen molar-refractivity contribution in [2.24, 2.45) is 5.16 Å². The number of β-lactam (4-membered cyclic amide) rings is 1. The highest BCUT2D eigenvalue weighted by Crippen LogP contribution is 2.40. The van der Waals surface area contributed by atoms with E-state index in [4.69, 9.17) is 26.9 Å². The number of hydrogen-bond acceptors (Lipinski definition) is 11. The number of hydrogen-bond donors (Lipinski definition) is 3. The van der Waals surface area contributed by atoms with Crippen molar-refractivity contribution in [2.75, 3.05) is 12.3 Å². The van der Waals surface area contributed by atoms with Crippen LogP contribution in [0.15, 0.2) is 16.9 Å². The number of carboxylic acids is 1. The van der Waals surface area contributed by atoms with Gasteiger partial charge in [0.1, 0.15) is 32.7 Å². The molecule has 184 valence electrons. The maximum Gasteiger partial charge on any atom is 0.352 e. The Morgan fingerprint density at radius 3 is 2.62 bits per heavy atom. The van der Waals surface area contributed by atoms with Crippen LogP contribution in [0.4, 0.5) is 5.13 Å². The lowest BCUT2D eigenvalue weighted by molar-refractivity contribution is -0.160. The van der Waals surface area contributed by atoms with Crippen LogP contribution in [0.25, 0.3) is 0 Å². The highest BCUT2D eigenvalue weighted by atomic mass is 35.5. The average Bonchev–Trinajstić information content (AvgIpc) is 3.04. The number of esters is 1. The van der Waals surface area contributed by atoms with Crippen LogP contribution in [0.2, 0.25) is 4.34 Å². The third-order valence-electron chi connectivity index (χ3n) is 4.36. The van der Waals surface area contributed by atoms with Gasteiger partial charge in [-0.1, -0.05) is 28.1 Å². The molecule has 4 N–H and O–H groups in total. The van der Waals surface area contributed by atoms with Crippen molar-refractivity contribution < 1.29 is 33.9 Å². The minimum Gasteiger partial charge on any atom is -0.477 e. The molecule has 0 saturated carbocycles. The van der Waals surface area contributed by atoms with Gasteiger partial charge in [-0.2, -0.15) is 0 Å². The number of carbonyl (C=O) groups is 4. The Balaban J connectivity index is 1.78. The number of nitrogen functional groups attached to an aromatic ring is 1. The number of anilines is 1. The number of rotatable bonds is 7. The number of halogens is 1. The number of aromatic nitrogens is 1. The molecule has 0 aliphatic carbocycles. The fourth-order valence-electron chi connectivity index (χ4n) is 3.11. The lowest BCUT2D eigenvalue weighted by Crippen LogP contribution is -2.71. The second-order valence-corrected chi connectivity index (χ2v) is 11.4. The van der Waals surface area contributed by atoms with Crippen LogP contribution in [-0.2, 0) is 28.8 Å². The number of carboxylic acid groups (broad SMARTS) is 1. The molecule has 15 heteroatoms. The molecule has 1 aromatic heterocycles. The molecular formula is C19H22ClN5O7S2. The monoisotopic (exact) mass is 531 g/mol. The number of thiazole rings is 1. The van der Waals surface area contributed by atoms with Gasteiger partial charge < -0.3 is 25.7 Å². The lowest BCUT2D eigenvalue weighted by Gasteiger charge is -2.49. The van der Waals surface area contributed by atoms with Crippen LogP contribution >= 0.6 is 34.7 Å². The van der Waals surface area contributed by atoms with E-state index in [9.17, 15) is 24.3 Å². The van der Waals surface area contributed by atoms with Crippen molar-refractivity contribution in [1.29, 1.82) is 0 Å². The minimum atomic E-state index is -1.24. The summed E-state index contributed by atoms with van der Waals surface area (Å²) < 4.78 is 5.16. The molecule has 1 saturated heterocycles. The number of aliphatic carboxylic acids is 1. The predicted molar refractivity (Wildman–Crippen MR) is 125 cm³/mol. The maximum absolute atomic E-state index is 13.0. The van der Waals surface area contributed by atoms with E-state index in [1.54, 1.807) is 27.7 Å². The Kier molecular flexibility index (Phi) is 7.43. The molecule has 34 heavy (non-hydrogen) atoms. The summed E-state index contributed by atoms with van der Waals surface area (Å²) in [4.78, 5) is 59.1. The van der Waals surface area contributed by atoms with Gasteiger partial charge in [0.05, 0.1) is 0 Å². The van der Waals surface area contributed by atoms with Crippen LogP contribution in [-0.4, -0.2) is 73.3 Å². The largest absolute Gasteiger partial charge is 0.477 e. The Bertz CT molecular complexity index is 1100. The zero-order valence-electron chi connectivity index (χ0n) is 18.5. The van der Waals surface area contributed by atoms with Crippen molar-refractivity contribution in [3.05, 3.63) is 21.8 Å². The van der Waals surface area contributed by atoms with E-state index in [1.807, 2.05) is 0 Å². The van der Waals surface area contributed by atoms with Gasteiger partial charge in [-0.3, -0.25) is 14.5 Å². The molecule has 2 aliphatic rings. The fourth-order valence-corrected chi connectivity index (χ4v) is 5.37. The highest BCUT2D eigenvalue weighted by Gasteiger charge is 2.54. The smallest absolute Gasteiger partial charge is 0.352 e. The number of thioether (sulfide) groups is 1. The third kappa shape index (κ3) is 5.62. The van der Waals surface area contributed by atoms with Crippen LogP contribution in [0.1, 0.15) is 33.4 Å². The average molecular weight is 532 g/mol. The summed E-state index contributed by atoms with van der Waals surface area (Å²) in [6.45, 7) is 6.22. The second-order valence-electron chi connectivity index (χ2n) is 8.22. The first-order valence-electron chi connectivity index (χ1n) is 9.87. The molecule has 3 heterocycles. The Hall–Kier alpha value is -2.84. The lowest BCUT2D eigenvalue weighted by atomic mass is 10.0. The Labute approximate surface area is 207 Å². The first kappa shape index (κ1) is 25.8. The summed E-state index contributed by atoms with van der Waals surface area (Å²) >= 11 is 8.33. The number of nitrogens with one attached hydrogen (secondary N) is 1. The molecule has 3 rings (SSSR count). The zero-order chi connectivity index (χ0) is 25.4. The van der Waals surface area contributed by atoms with Gasteiger partial charge in [0.2, 0.25) is 6.61 Å². The van der Waals surface area contributed by atoms with Gasteiger partial charge in [-0.05, 0) is 33.8 Å². The summed E-state index contributed by atoms with van der Waals surface area (Å²) in [7, 11) is 0. The van der Waals surface area contributed by atoms with Gasteiger partial charge >= 0.3 is 11.9 Å². The van der Waals surface area contributed by atoms with Crippen LogP contribution in [0.3, 0.4) is 0 Å². The normalized spacial score (nSPS) is 22.3. The summed E-state index contributed by atoms with van der Waals surface area (Å²) in [6.07, 6.45) is 1.47. The second kappa shape index (κ2) is 9.80. The van der Waals surface area contributed by atoms with Crippen molar-refractivity contribution in [2.45, 2.75) is 50.0 Å². The number of ether oxygens (including phenoxy) is 1. The molecule has 12 nitrogen and oxygen atoms in total. The number of nitrogens with two attached hydrogens (primary N) is 1. The van der Waals surface area contributed by atoms with E-state index in [1.165, 1.54) is 17.8 Å². The molecule has 0 radical (unpaired) electrons. The molecule has 2 unspecified atom stereocenters. The highest BCUT2D eigenvalue weighted by molar-refractivity contribution is 8.00. The molecule has 2 amide bonds. The third-order valence-corrected chi connectivity index (χ3v) is 6.77. The first-order chi connectivity index (χ1) is 15.8. The number of fused-ring (bicyclic) bond motifs is 1. The number of carbonyl (C=O) groups excluding carboxylic acids is 3. The molecule has 0 aromatic carbocycles. The minimum absolute atomic E-state index is 0.0468. The summed E-state index contributed by atoms with van der Waals surface area (Å²) in [5, 5.41) is 14.9. The van der Waals surface area contributed by atoms with Gasteiger partial charge in [-0.25, -0.2) is 14.6 Å². The van der Waals surface area contributed by atoms with Crippen LogP contribution in [0.5, 0.6) is 0 Å². The first-order valence-corrected chi connectivity index (χ1v) is 12.0. The van der Waals surface area contributed by atoms with E-state index in [0.29, 0.717) is 0 Å². The van der Waals surface area contributed by atoms with Crippen LogP contribution < -0.4 is 11.1 Å². The quantitative estimate of drug-likeness (QED) is 0.201. The molecule has 0 spiro atoms. The van der Waals surface area contributed by atoms with Crippen molar-refractivity contribution in [3.63, 3.8) is 0 Å². The molecule has 1 aromatic rings. The number of nitrogens with zero attached hydrogens (tertiary/aromatic N) is 3. The van der Waals surface area contributed by atoms with E-state index in [0.717, 1.165) is 16.2 Å². The van der Waals surface area contributed by atoms with Crippen molar-refractivity contribution >= 4 is 69.3 Å². The summed E-state index contributed by atoms with van der Waals surface area (Å²) in [6, 6.07) is -1.02. The van der Waals surface area contributed by atoms with Gasteiger partial charge in [0.15, 0.2) is 10.8 Å². The Morgan fingerprint density at radius 2 is 2.06 bits per heavy atom. The summed E-state index contributed by atoms with van der Waals surface area (Å²) in [5.74, 6) is -3.42. The standard InChI is InChI=1S/C19H22ClN5O7S2/c1-7-5-8(17(29)30)25-15(28)12(16(25)33-7)22-14(27)11(10-13(20)34-18(21)23-10)24-31-6-9(26)32-19(2,3)4/h5,7,12,16H,6H2,1-4H3,(H2,21,23)(H,22,27)(H,29,30)/t7?,12?,16-/m1/s1. The summed E-state index contributed by atoms with van der Waals surface area (Å²) in [5.41, 5.74) is 4.28. The van der Waals surface area contributed by atoms with E-state index >= 15 is 0 Å². The van der Waals surface area contributed by atoms with Crippen LogP contribution in [0, 0.1) is 0 Å². The van der Waals surface area contributed by atoms with Gasteiger partial charge in [0.25, 0.3) is 11.8 Å². The topological polar surface area (TPSA) is 174 Å². The molecular weight excluding hydrogens is 510 g/mol. The van der Waals surface area contributed by atoms with E-state index < -0.39 is 53.1 Å². The molecule has 1 fully saturated rings. The molecule has 3 atom stereocenters. The zero-order valence-corrected chi connectivity index (χ0v) is 20.9. The Morgan fingerprint density at radius 1 is 1.38 bits per heavy atom. The van der Waals surface area contributed by atoms with Gasteiger partial charge in [-0.15, -0.1) is 11.8 Å². The molecule has 0 bridgehead atoms. The maximum atomic E-state index is 13.0.